The number of allylic oxidation sites excluding steroid dienone is 2. The van der Waals surface area contributed by atoms with E-state index in [2.05, 4.69) is 0 Å². The molecule has 1 aromatic rings. The number of thioether (sulfide) groups is 1. The normalized spacial score (nSPS) is 29.2. The molecule has 5 heteroatoms. The molecule has 2 aliphatic rings. The minimum atomic E-state index is -2.06. The van der Waals surface area contributed by atoms with Crippen molar-refractivity contribution in [2.24, 2.45) is 0 Å². The van der Waals surface area contributed by atoms with E-state index in [1.165, 1.54) is 0 Å². The summed E-state index contributed by atoms with van der Waals surface area (Å²) >= 11 is 0.664. The molecule has 0 bridgehead atoms. The third-order valence-electron chi connectivity index (χ3n) is 2.29. The zero-order chi connectivity index (χ0) is 12.5. The van der Waals surface area contributed by atoms with Gasteiger partial charge in [0.2, 0.25) is 5.00 Å². The van der Waals surface area contributed by atoms with Gasteiger partial charge in [-0.25, -0.2) is 13.2 Å². The fourth-order valence-electron chi connectivity index (χ4n) is 1.33. The van der Waals surface area contributed by atoms with Crippen LogP contribution in [-0.2, 0) is 0 Å². The molecule has 1 saturated heterocycles. The van der Waals surface area contributed by atoms with E-state index in [4.69, 9.17) is 5.11 Å². The first kappa shape index (κ1) is 12.1. The maximum absolute atomic E-state index is 12.8. The van der Waals surface area contributed by atoms with Crippen molar-refractivity contribution in [2.45, 2.75) is 10.3 Å². The van der Waals surface area contributed by atoms with Crippen LogP contribution < -0.4 is 0 Å². The van der Waals surface area contributed by atoms with E-state index in [-0.39, 0.29) is 0 Å². The van der Waals surface area contributed by atoms with Crippen molar-refractivity contribution in [3.05, 3.63) is 54.1 Å². The van der Waals surface area contributed by atoms with Crippen LogP contribution >= 0.6 is 11.8 Å². The first-order chi connectivity index (χ1) is 8.04. The Bertz CT molecular complexity index is 472. The molecule has 1 aliphatic heterocycles. The molecule has 1 nitrogen and oxygen atoms in total. The van der Waals surface area contributed by atoms with Crippen LogP contribution in [0, 0.1) is 0 Å². The number of aromatic hydroxyl groups is 1. The van der Waals surface area contributed by atoms with Gasteiger partial charge in [-0.15, -0.1) is 0 Å². The van der Waals surface area contributed by atoms with Gasteiger partial charge in [0.15, 0.2) is 0 Å². The van der Waals surface area contributed by atoms with Crippen molar-refractivity contribution in [1.82, 2.24) is 0 Å². The van der Waals surface area contributed by atoms with Gasteiger partial charge in [-0.3, -0.25) is 0 Å². The Labute approximate surface area is 101 Å². The predicted octanol–water partition coefficient (Wildman–Crippen LogP) is 3.88. The molecule has 0 saturated carbocycles. The molecule has 0 amide bonds. The van der Waals surface area contributed by atoms with Gasteiger partial charge in [-0.2, -0.15) is 0 Å². The predicted molar refractivity (Wildman–Crippen MR) is 61.7 cm³/mol. The van der Waals surface area contributed by atoms with Crippen molar-refractivity contribution in [2.75, 3.05) is 0 Å². The molecule has 1 heterocycles. The van der Waals surface area contributed by atoms with Crippen LogP contribution in [0.15, 0.2) is 54.1 Å². The number of halogens is 3. The van der Waals surface area contributed by atoms with E-state index < -0.39 is 21.9 Å². The van der Waals surface area contributed by atoms with Crippen molar-refractivity contribution in [3.8, 4) is 5.75 Å². The zero-order valence-electron chi connectivity index (χ0n) is 8.61. The van der Waals surface area contributed by atoms with Gasteiger partial charge in [0.1, 0.15) is 22.7 Å². The van der Waals surface area contributed by atoms with Gasteiger partial charge in [-0.05, 0) is 24.3 Å². The molecule has 0 spiro atoms. The Balaban J connectivity index is 0.000000136. The maximum atomic E-state index is 12.8. The Kier molecular flexibility index (Phi) is 3.19. The quantitative estimate of drug-likeness (QED) is 0.713. The second kappa shape index (κ2) is 4.49. The lowest BCUT2D eigenvalue weighted by molar-refractivity contribution is 0.315. The van der Waals surface area contributed by atoms with Crippen molar-refractivity contribution < 1.29 is 18.3 Å². The fraction of sp³-hybridized carbons (Fsp3) is 0.167. The Morgan fingerprint density at radius 2 is 1.76 bits per heavy atom. The average molecular weight is 258 g/mol. The molecular weight excluding hydrogens is 249 g/mol. The Morgan fingerprint density at radius 3 is 2.24 bits per heavy atom. The molecule has 1 N–H and O–H groups in total. The summed E-state index contributed by atoms with van der Waals surface area (Å²) in [5, 5.41) is 5.67. The monoisotopic (exact) mass is 258 g/mol. The Morgan fingerprint density at radius 1 is 1.12 bits per heavy atom. The third kappa shape index (κ3) is 2.49. The molecule has 2 unspecified atom stereocenters. The molecule has 0 aromatic heterocycles. The number of para-hydroxylation sites is 1. The summed E-state index contributed by atoms with van der Waals surface area (Å²) in [5.41, 5.74) is 0. The van der Waals surface area contributed by atoms with Crippen LogP contribution in [0.5, 0.6) is 5.75 Å². The summed E-state index contributed by atoms with van der Waals surface area (Å²) in [7, 11) is 0. The first-order valence-electron chi connectivity index (χ1n) is 4.88. The van der Waals surface area contributed by atoms with E-state index in [0.29, 0.717) is 17.5 Å². The SMILES string of the molecule is FC1=CC=C(F)C2(F)SC12.Oc1ccccc1. The lowest BCUT2D eigenvalue weighted by Crippen LogP contribution is -2.11. The second-order valence-corrected chi connectivity index (χ2v) is 4.85. The van der Waals surface area contributed by atoms with Gasteiger partial charge in [0, 0.05) is 0 Å². The second-order valence-electron chi connectivity index (χ2n) is 3.54. The zero-order valence-corrected chi connectivity index (χ0v) is 9.42. The van der Waals surface area contributed by atoms with E-state index in [1.54, 1.807) is 24.3 Å². The van der Waals surface area contributed by atoms with Crippen LogP contribution in [0.2, 0.25) is 0 Å². The number of phenolic OH excluding ortho intramolecular Hbond substituents is 1. The van der Waals surface area contributed by atoms with Crippen LogP contribution in [0.25, 0.3) is 0 Å². The molecule has 90 valence electrons. The molecular formula is C12H9F3OS. The Hall–Kier alpha value is -1.36. The van der Waals surface area contributed by atoms with Crippen molar-refractivity contribution in [3.63, 3.8) is 0 Å². The molecule has 17 heavy (non-hydrogen) atoms. The first-order valence-corrected chi connectivity index (χ1v) is 5.76. The topological polar surface area (TPSA) is 20.2 Å². The summed E-state index contributed by atoms with van der Waals surface area (Å²) in [5.74, 6) is -1.12. The number of alkyl halides is 1. The molecule has 3 rings (SSSR count). The highest BCUT2D eigenvalue weighted by atomic mass is 32.2. The molecule has 0 radical (unpaired) electrons. The van der Waals surface area contributed by atoms with Crippen LogP contribution in [0.1, 0.15) is 0 Å². The number of hydrogen-bond acceptors (Lipinski definition) is 2. The number of hydrogen-bond donors (Lipinski definition) is 1. The molecule has 2 atom stereocenters. The van der Waals surface area contributed by atoms with Crippen LogP contribution in [0.3, 0.4) is 0 Å². The standard InChI is InChI=1S/C6H3F3S.C6H6O/c7-3-1-2-4(8)6(9)5(3)10-6;7-6-4-2-1-3-5-6/h1-2,5H;1-5,7H. The van der Waals surface area contributed by atoms with E-state index in [0.717, 1.165) is 12.2 Å². The van der Waals surface area contributed by atoms with E-state index >= 15 is 0 Å². The van der Waals surface area contributed by atoms with Crippen LogP contribution in [0.4, 0.5) is 13.2 Å². The highest BCUT2D eigenvalue weighted by Crippen LogP contribution is 2.64. The highest BCUT2D eigenvalue weighted by Gasteiger charge is 2.64. The number of phenols is 1. The van der Waals surface area contributed by atoms with Gasteiger partial charge < -0.3 is 5.11 Å². The lowest BCUT2D eigenvalue weighted by atomic mass is 10.1. The lowest BCUT2D eigenvalue weighted by Gasteiger charge is -2.03. The average Bonchev–Trinajstić information content (AvgIpc) is 3.01. The number of rotatable bonds is 0. The third-order valence-corrected chi connectivity index (χ3v) is 3.60. The molecule has 1 fully saturated rings. The van der Waals surface area contributed by atoms with Crippen molar-refractivity contribution >= 4 is 11.8 Å². The van der Waals surface area contributed by atoms with Gasteiger partial charge in [-0.1, -0.05) is 30.0 Å². The minimum Gasteiger partial charge on any atom is -0.508 e. The number of benzene rings is 1. The fourth-order valence-corrected chi connectivity index (χ4v) is 2.21. The molecule has 1 aliphatic carbocycles. The van der Waals surface area contributed by atoms with Gasteiger partial charge >= 0.3 is 0 Å². The largest absolute Gasteiger partial charge is 0.508 e. The highest BCUT2D eigenvalue weighted by molar-refractivity contribution is 8.09. The number of fused-ring (bicyclic) bond motifs is 1. The van der Waals surface area contributed by atoms with E-state index in [1.807, 2.05) is 6.07 Å². The molecule has 1 aromatic carbocycles. The van der Waals surface area contributed by atoms with Crippen LogP contribution in [-0.4, -0.2) is 15.4 Å². The van der Waals surface area contributed by atoms with Gasteiger partial charge in [0.05, 0.1) is 0 Å². The summed E-state index contributed by atoms with van der Waals surface area (Å²) in [6.45, 7) is 0. The van der Waals surface area contributed by atoms with Gasteiger partial charge in [0.25, 0.3) is 0 Å². The summed E-state index contributed by atoms with van der Waals surface area (Å²) in [4.78, 5) is 0. The summed E-state index contributed by atoms with van der Waals surface area (Å²) in [6, 6.07) is 8.71. The van der Waals surface area contributed by atoms with E-state index in [9.17, 15) is 13.2 Å². The smallest absolute Gasteiger partial charge is 0.226 e. The van der Waals surface area contributed by atoms with Crippen molar-refractivity contribution in [1.29, 1.82) is 0 Å². The maximum Gasteiger partial charge on any atom is 0.226 e. The minimum absolute atomic E-state index is 0.322. The summed E-state index contributed by atoms with van der Waals surface area (Å²) in [6.07, 6.45) is 1.81. The summed E-state index contributed by atoms with van der Waals surface area (Å²) < 4.78 is 37.7.